The first-order valence-electron chi connectivity index (χ1n) is 12.6. The zero-order valence-electron chi connectivity index (χ0n) is 19.2. The quantitative estimate of drug-likeness (QED) is 0.266. The molecule has 1 N–H and O–H groups in total. The molecule has 3 fully saturated rings. The van der Waals surface area contributed by atoms with Crippen LogP contribution in [0.25, 0.3) is 0 Å². The van der Waals surface area contributed by atoms with Crippen molar-refractivity contribution in [1.29, 1.82) is 0 Å². The van der Waals surface area contributed by atoms with E-state index in [-0.39, 0.29) is 30.5 Å². The SMILES string of the molecule is CCCCCCC=C(OC1CCCCO1)[C@H]1[C@H](CC=O)[C@H](O)C[C@@H]1OC1CCCCO1. The molecule has 0 bridgehead atoms. The number of aliphatic hydroxyl groups excluding tert-OH is 1. The Balaban J connectivity index is 1.76. The van der Waals surface area contributed by atoms with Crippen LogP contribution in [0.1, 0.15) is 90.4 Å². The minimum atomic E-state index is -0.580. The average molecular weight is 439 g/mol. The summed E-state index contributed by atoms with van der Waals surface area (Å²) in [4.78, 5) is 11.4. The van der Waals surface area contributed by atoms with Gasteiger partial charge in [0.05, 0.1) is 18.8 Å². The van der Waals surface area contributed by atoms with Crippen LogP contribution in [-0.4, -0.2) is 49.4 Å². The van der Waals surface area contributed by atoms with Crippen LogP contribution in [-0.2, 0) is 23.7 Å². The van der Waals surface area contributed by atoms with Gasteiger partial charge in [-0.3, -0.25) is 0 Å². The summed E-state index contributed by atoms with van der Waals surface area (Å²) in [6.07, 6.45) is 14.3. The predicted octanol–water partition coefficient (Wildman–Crippen LogP) is 4.88. The molecule has 2 heterocycles. The largest absolute Gasteiger partial charge is 0.469 e. The lowest BCUT2D eigenvalue weighted by molar-refractivity contribution is -0.201. The highest BCUT2D eigenvalue weighted by molar-refractivity contribution is 5.50. The Bertz CT molecular complexity index is 538. The molecule has 6 heteroatoms. The van der Waals surface area contributed by atoms with Crippen molar-refractivity contribution < 1.29 is 28.8 Å². The number of aldehydes is 1. The molecule has 1 aliphatic carbocycles. The van der Waals surface area contributed by atoms with E-state index in [4.69, 9.17) is 18.9 Å². The van der Waals surface area contributed by atoms with Gasteiger partial charge in [0.15, 0.2) is 12.6 Å². The van der Waals surface area contributed by atoms with Crippen molar-refractivity contribution in [2.45, 2.75) is 115 Å². The zero-order chi connectivity index (χ0) is 21.9. The second kappa shape index (κ2) is 13.6. The molecule has 31 heavy (non-hydrogen) atoms. The van der Waals surface area contributed by atoms with E-state index >= 15 is 0 Å². The Hall–Kier alpha value is -0.950. The fourth-order valence-electron chi connectivity index (χ4n) is 5.07. The summed E-state index contributed by atoms with van der Waals surface area (Å²) < 4.78 is 24.5. The van der Waals surface area contributed by atoms with Gasteiger partial charge in [-0.15, -0.1) is 0 Å². The van der Waals surface area contributed by atoms with Gasteiger partial charge in [0.1, 0.15) is 12.0 Å². The lowest BCUT2D eigenvalue weighted by atomic mass is 9.88. The minimum absolute atomic E-state index is 0.151. The Kier molecular flexibility index (Phi) is 10.8. The summed E-state index contributed by atoms with van der Waals surface area (Å²) in [5, 5.41) is 10.8. The van der Waals surface area contributed by atoms with Crippen LogP contribution in [0.3, 0.4) is 0 Å². The number of hydrogen-bond acceptors (Lipinski definition) is 6. The summed E-state index contributed by atoms with van der Waals surface area (Å²) >= 11 is 0. The van der Waals surface area contributed by atoms with Crippen molar-refractivity contribution in [2.75, 3.05) is 13.2 Å². The molecule has 0 amide bonds. The maximum atomic E-state index is 11.4. The van der Waals surface area contributed by atoms with Crippen molar-refractivity contribution in [3.63, 3.8) is 0 Å². The van der Waals surface area contributed by atoms with Crippen molar-refractivity contribution in [1.82, 2.24) is 0 Å². The van der Waals surface area contributed by atoms with Crippen molar-refractivity contribution in [2.24, 2.45) is 11.8 Å². The summed E-state index contributed by atoms with van der Waals surface area (Å²) in [6, 6.07) is 0. The smallest absolute Gasteiger partial charge is 0.199 e. The molecule has 0 spiro atoms. The molecule has 178 valence electrons. The molecule has 1 saturated carbocycles. The van der Waals surface area contributed by atoms with E-state index < -0.39 is 6.10 Å². The van der Waals surface area contributed by atoms with Crippen LogP contribution in [0.2, 0.25) is 0 Å². The standard InChI is InChI=1S/C25H42O6/c1-2-3-4-5-6-11-21(30-23-12-7-9-16-28-23)25-19(14-15-26)20(27)18-22(25)31-24-13-8-10-17-29-24/h11,15,19-20,22-25,27H,2-10,12-14,16-18H2,1H3/t19-,20-,22+,23?,24?,25-/m1/s1. The Morgan fingerprint density at radius 2 is 1.77 bits per heavy atom. The molecule has 0 aromatic heterocycles. The van der Waals surface area contributed by atoms with Gasteiger partial charge in [0.2, 0.25) is 0 Å². The summed E-state index contributed by atoms with van der Waals surface area (Å²) in [6.45, 7) is 3.65. The third-order valence-electron chi connectivity index (χ3n) is 6.80. The van der Waals surface area contributed by atoms with Crippen LogP contribution in [0.15, 0.2) is 11.8 Å². The normalized spacial score (nSPS) is 34.6. The van der Waals surface area contributed by atoms with E-state index in [9.17, 15) is 9.90 Å². The molecule has 3 aliphatic rings. The molecular formula is C25H42O6. The number of unbranched alkanes of at least 4 members (excludes halogenated alkanes) is 4. The first-order chi connectivity index (χ1) is 15.2. The summed E-state index contributed by atoms with van der Waals surface area (Å²) in [5.41, 5.74) is 0. The molecule has 6 nitrogen and oxygen atoms in total. The van der Waals surface area contributed by atoms with Crippen LogP contribution >= 0.6 is 0 Å². The van der Waals surface area contributed by atoms with Gasteiger partial charge in [0, 0.05) is 37.7 Å². The number of ether oxygens (including phenoxy) is 4. The third-order valence-corrected chi connectivity index (χ3v) is 6.80. The highest BCUT2D eigenvalue weighted by atomic mass is 16.7. The zero-order valence-corrected chi connectivity index (χ0v) is 19.2. The number of rotatable bonds is 12. The fourth-order valence-corrected chi connectivity index (χ4v) is 5.07. The van der Waals surface area contributed by atoms with E-state index in [0.29, 0.717) is 12.8 Å². The van der Waals surface area contributed by atoms with E-state index in [1.807, 2.05) is 0 Å². The van der Waals surface area contributed by atoms with Gasteiger partial charge in [-0.25, -0.2) is 0 Å². The number of aliphatic hydroxyl groups is 1. The summed E-state index contributed by atoms with van der Waals surface area (Å²) in [7, 11) is 0. The molecule has 0 radical (unpaired) electrons. The lowest BCUT2D eigenvalue weighted by Crippen LogP contribution is -2.34. The Morgan fingerprint density at radius 1 is 1.03 bits per heavy atom. The molecule has 3 rings (SSSR count). The van der Waals surface area contributed by atoms with Crippen LogP contribution in [0, 0.1) is 11.8 Å². The summed E-state index contributed by atoms with van der Waals surface area (Å²) in [5.74, 6) is 0.492. The highest BCUT2D eigenvalue weighted by Gasteiger charge is 2.47. The van der Waals surface area contributed by atoms with Crippen molar-refractivity contribution in [3.05, 3.63) is 11.8 Å². The van der Waals surface area contributed by atoms with Gasteiger partial charge >= 0.3 is 0 Å². The number of allylic oxidation sites excluding steroid dienone is 1. The highest BCUT2D eigenvalue weighted by Crippen LogP contribution is 2.43. The second-order valence-electron chi connectivity index (χ2n) is 9.24. The molecule has 2 aliphatic heterocycles. The van der Waals surface area contributed by atoms with E-state index in [2.05, 4.69) is 13.0 Å². The number of carbonyl (C=O) groups excluding carboxylic acids is 1. The molecular weight excluding hydrogens is 396 g/mol. The van der Waals surface area contributed by atoms with Gasteiger partial charge in [-0.1, -0.05) is 26.2 Å². The molecule has 6 atom stereocenters. The maximum absolute atomic E-state index is 11.4. The average Bonchev–Trinajstić information content (AvgIpc) is 3.09. The Morgan fingerprint density at radius 3 is 2.42 bits per heavy atom. The number of carbonyl (C=O) groups is 1. The Labute approximate surface area is 187 Å². The van der Waals surface area contributed by atoms with Gasteiger partial charge < -0.3 is 28.8 Å². The predicted molar refractivity (Wildman–Crippen MR) is 118 cm³/mol. The minimum Gasteiger partial charge on any atom is -0.469 e. The molecule has 0 aromatic carbocycles. The molecule has 2 unspecified atom stereocenters. The van der Waals surface area contributed by atoms with Crippen LogP contribution < -0.4 is 0 Å². The van der Waals surface area contributed by atoms with Gasteiger partial charge in [0.25, 0.3) is 0 Å². The number of hydrogen-bond donors (Lipinski definition) is 1. The first kappa shape index (κ1) is 24.7. The molecule has 2 saturated heterocycles. The third kappa shape index (κ3) is 7.55. The fraction of sp³-hybridized carbons (Fsp3) is 0.880. The van der Waals surface area contributed by atoms with Crippen molar-refractivity contribution >= 4 is 6.29 Å². The second-order valence-corrected chi connectivity index (χ2v) is 9.24. The topological polar surface area (TPSA) is 74.2 Å². The van der Waals surface area contributed by atoms with Crippen molar-refractivity contribution in [3.8, 4) is 0 Å². The maximum Gasteiger partial charge on any atom is 0.199 e. The first-order valence-corrected chi connectivity index (χ1v) is 12.6. The van der Waals surface area contributed by atoms with Crippen LogP contribution in [0.4, 0.5) is 0 Å². The molecule has 0 aromatic rings. The van der Waals surface area contributed by atoms with E-state index in [0.717, 1.165) is 76.6 Å². The van der Waals surface area contributed by atoms with Gasteiger partial charge in [-0.05, 0) is 51.0 Å². The van der Waals surface area contributed by atoms with E-state index in [1.165, 1.54) is 19.3 Å². The van der Waals surface area contributed by atoms with Gasteiger partial charge in [-0.2, -0.15) is 0 Å². The monoisotopic (exact) mass is 438 g/mol. The lowest BCUT2D eigenvalue weighted by Gasteiger charge is -2.33. The van der Waals surface area contributed by atoms with E-state index in [1.54, 1.807) is 0 Å². The van der Waals surface area contributed by atoms with Crippen LogP contribution in [0.5, 0.6) is 0 Å².